The molecule has 90 valence electrons. The van der Waals surface area contributed by atoms with Gasteiger partial charge in [0.1, 0.15) is 0 Å². The summed E-state index contributed by atoms with van der Waals surface area (Å²) < 4.78 is 25.0. The van der Waals surface area contributed by atoms with Crippen LogP contribution in [0.3, 0.4) is 0 Å². The van der Waals surface area contributed by atoms with Gasteiger partial charge in [0.25, 0.3) is 0 Å². The van der Waals surface area contributed by atoms with Crippen molar-refractivity contribution >= 4 is 15.8 Å². The van der Waals surface area contributed by atoms with E-state index in [4.69, 9.17) is 0 Å². The van der Waals surface area contributed by atoms with E-state index in [1.807, 2.05) is 0 Å². The maximum Gasteiger partial charge on any atom is 0.238 e. The fraction of sp³-hybridized carbons (Fsp3) is 0.500. The normalized spacial score (nSPS) is 12.5. The van der Waals surface area contributed by atoms with Crippen LogP contribution in [0, 0.1) is 6.92 Å². The summed E-state index contributed by atoms with van der Waals surface area (Å²) in [4.78, 5) is 3.93. The zero-order valence-electron chi connectivity index (χ0n) is 9.77. The molecule has 0 radical (unpaired) electrons. The third-order valence-corrected chi connectivity index (χ3v) is 4.12. The molecular formula is C10H16N2O3S. The molecule has 1 aromatic heterocycles. The number of nitrogens with one attached hydrogen (secondary N) is 1. The minimum atomic E-state index is -3.56. The summed E-state index contributed by atoms with van der Waals surface area (Å²) >= 11 is 0. The number of nitrogens with zero attached hydrogens (tertiary/aromatic N) is 1. The summed E-state index contributed by atoms with van der Waals surface area (Å²) in [6.07, 6.45) is 0. The van der Waals surface area contributed by atoms with Crippen LogP contribution < -0.4 is 4.72 Å². The van der Waals surface area contributed by atoms with Crippen LogP contribution in [0.4, 0.5) is 5.82 Å². The first kappa shape index (κ1) is 12.8. The first-order valence-electron chi connectivity index (χ1n) is 4.82. The largest absolute Gasteiger partial charge is 0.504 e. The average molecular weight is 244 g/mol. The molecule has 5 nitrogen and oxygen atoms in total. The third kappa shape index (κ3) is 2.63. The number of sulfonamides is 1. The van der Waals surface area contributed by atoms with Gasteiger partial charge in [0.2, 0.25) is 10.0 Å². The van der Waals surface area contributed by atoms with Gasteiger partial charge in [0.15, 0.2) is 11.6 Å². The molecule has 0 saturated carbocycles. The maximum atomic E-state index is 11.8. The van der Waals surface area contributed by atoms with Crippen molar-refractivity contribution in [1.29, 1.82) is 0 Å². The average Bonchev–Trinajstić information content (AvgIpc) is 2.09. The number of hydrogen-bond donors (Lipinski definition) is 2. The highest BCUT2D eigenvalue weighted by Gasteiger charge is 2.30. The molecule has 1 rings (SSSR count). The molecular weight excluding hydrogens is 228 g/mol. The van der Waals surface area contributed by atoms with E-state index in [-0.39, 0.29) is 11.6 Å². The molecule has 0 aliphatic rings. The van der Waals surface area contributed by atoms with E-state index in [0.29, 0.717) is 5.69 Å². The number of rotatable bonds is 2. The second-order valence-electron chi connectivity index (χ2n) is 4.54. The minimum absolute atomic E-state index is 0.0325. The molecule has 1 aromatic rings. The van der Waals surface area contributed by atoms with Gasteiger partial charge in [-0.25, -0.2) is 13.4 Å². The summed E-state index contributed by atoms with van der Waals surface area (Å²) in [7, 11) is -3.56. The van der Waals surface area contributed by atoms with Crippen LogP contribution in [0.1, 0.15) is 26.5 Å². The zero-order chi connectivity index (χ0) is 12.6. The molecule has 0 aliphatic heterocycles. The molecule has 16 heavy (non-hydrogen) atoms. The third-order valence-electron chi connectivity index (χ3n) is 2.05. The maximum absolute atomic E-state index is 11.8. The van der Waals surface area contributed by atoms with Gasteiger partial charge in [0.05, 0.1) is 4.75 Å². The Morgan fingerprint density at radius 1 is 1.31 bits per heavy atom. The van der Waals surface area contributed by atoms with Gasteiger partial charge in [-0.05, 0) is 39.8 Å². The SMILES string of the molecule is Cc1ccc(O)c(NS(=O)(=O)C(C)(C)C)n1. The minimum Gasteiger partial charge on any atom is -0.504 e. The standard InChI is InChI=1S/C10H16N2O3S/c1-7-5-6-8(13)9(11-7)12-16(14,15)10(2,3)4/h5-6,13H,1-4H3,(H,11,12). The van der Waals surface area contributed by atoms with E-state index < -0.39 is 14.8 Å². The molecule has 6 heteroatoms. The highest BCUT2D eigenvalue weighted by molar-refractivity contribution is 7.94. The smallest absolute Gasteiger partial charge is 0.238 e. The molecule has 0 fully saturated rings. The van der Waals surface area contributed by atoms with Crippen molar-refractivity contribution in [3.05, 3.63) is 17.8 Å². The van der Waals surface area contributed by atoms with Gasteiger partial charge in [-0.2, -0.15) is 0 Å². The molecule has 1 heterocycles. The van der Waals surface area contributed by atoms with Crippen LogP contribution in [0.25, 0.3) is 0 Å². The van der Waals surface area contributed by atoms with E-state index in [1.54, 1.807) is 33.8 Å². The van der Waals surface area contributed by atoms with Crippen LogP contribution in [0.5, 0.6) is 5.75 Å². The molecule has 0 bridgehead atoms. The lowest BCUT2D eigenvalue weighted by molar-refractivity contribution is 0.475. The van der Waals surface area contributed by atoms with Gasteiger partial charge >= 0.3 is 0 Å². The summed E-state index contributed by atoms with van der Waals surface area (Å²) in [6.45, 7) is 6.43. The molecule has 0 spiro atoms. The van der Waals surface area contributed by atoms with Crippen molar-refractivity contribution in [3.63, 3.8) is 0 Å². The number of aromatic hydroxyl groups is 1. The van der Waals surface area contributed by atoms with Crippen LogP contribution >= 0.6 is 0 Å². The first-order valence-corrected chi connectivity index (χ1v) is 6.31. The molecule has 0 aliphatic carbocycles. The Labute approximate surface area is 95.6 Å². The quantitative estimate of drug-likeness (QED) is 0.828. The number of aromatic nitrogens is 1. The van der Waals surface area contributed by atoms with Crippen molar-refractivity contribution in [2.75, 3.05) is 4.72 Å². The Hall–Kier alpha value is -1.30. The lowest BCUT2D eigenvalue weighted by Gasteiger charge is -2.20. The monoisotopic (exact) mass is 244 g/mol. The highest BCUT2D eigenvalue weighted by Crippen LogP contribution is 2.25. The van der Waals surface area contributed by atoms with Crippen LogP contribution in [0.15, 0.2) is 12.1 Å². The summed E-state index contributed by atoms with van der Waals surface area (Å²) in [5, 5.41) is 9.47. The van der Waals surface area contributed by atoms with Crippen LogP contribution in [0.2, 0.25) is 0 Å². The predicted octanol–water partition coefficient (Wildman–Crippen LogP) is 1.64. The van der Waals surface area contributed by atoms with Gasteiger partial charge in [0, 0.05) is 5.69 Å². The molecule has 0 aromatic carbocycles. The second-order valence-corrected chi connectivity index (χ2v) is 6.97. The molecule has 0 atom stereocenters. The number of aryl methyl sites for hydroxylation is 1. The van der Waals surface area contributed by atoms with Crippen LogP contribution in [-0.2, 0) is 10.0 Å². The Balaban J connectivity index is 3.11. The summed E-state index contributed by atoms with van der Waals surface area (Å²) in [6, 6.07) is 3.01. The Morgan fingerprint density at radius 2 is 1.88 bits per heavy atom. The van der Waals surface area contributed by atoms with Gasteiger partial charge in [-0.3, -0.25) is 4.72 Å². The fourth-order valence-corrected chi connectivity index (χ4v) is 1.62. The molecule has 0 unspecified atom stereocenters. The van der Waals surface area contributed by atoms with Crippen molar-refractivity contribution < 1.29 is 13.5 Å². The number of anilines is 1. The molecule has 0 saturated heterocycles. The van der Waals surface area contributed by atoms with E-state index in [1.165, 1.54) is 6.07 Å². The van der Waals surface area contributed by atoms with E-state index in [2.05, 4.69) is 9.71 Å². The lowest BCUT2D eigenvalue weighted by atomic mass is 10.3. The lowest BCUT2D eigenvalue weighted by Crippen LogP contribution is -2.34. The fourth-order valence-electron chi connectivity index (χ4n) is 0.905. The van der Waals surface area contributed by atoms with E-state index in [0.717, 1.165) is 0 Å². The van der Waals surface area contributed by atoms with Gasteiger partial charge in [-0.1, -0.05) is 0 Å². The number of hydrogen-bond acceptors (Lipinski definition) is 4. The Morgan fingerprint density at radius 3 is 2.38 bits per heavy atom. The van der Waals surface area contributed by atoms with Crippen molar-refractivity contribution in [2.24, 2.45) is 0 Å². The van der Waals surface area contributed by atoms with Gasteiger partial charge < -0.3 is 5.11 Å². The summed E-state index contributed by atoms with van der Waals surface area (Å²) in [5.41, 5.74) is 0.629. The second kappa shape index (κ2) is 3.93. The predicted molar refractivity (Wildman–Crippen MR) is 62.9 cm³/mol. The van der Waals surface area contributed by atoms with Crippen molar-refractivity contribution in [1.82, 2.24) is 4.98 Å². The summed E-state index contributed by atoms with van der Waals surface area (Å²) in [5.74, 6) is -0.214. The molecule has 2 N–H and O–H groups in total. The Kier molecular flexibility index (Phi) is 3.14. The van der Waals surface area contributed by atoms with E-state index in [9.17, 15) is 13.5 Å². The van der Waals surface area contributed by atoms with Crippen molar-refractivity contribution in [2.45, 2.75) is 32.4 Å². The topological polar surface area (TPSA) is 79.3 Å². The molecule has 0 amide bonds. The van der Waals surface area contributed by atoms with Crippen molar-refractivity contribution in [3.8, 4) is 5.75 Å². The van der Waals surface area contributed by atoms with Crippen LogP contribution in [-0.4, -0.2) is 23.3 Å². The zero-order valence-corrected chi connectivity index (χ0v) is 10.6. The highest BCUT2D eigenvalue weighted by atomic mass is 32.2. The first-order chi connectivity index (χ1) is 7.13. The number of pyridine rings is 1. The van der Waals surface area contributed by atoms with E-state index >= 15 is 0 Å². The Bertz CT molecular complexity index is 489. The van der Waals surface area contributed by atoms with Gasteiger partial charge in [-0.15, -0.1) is 0 Å².